The summed E-state index contributed by atoms with van der Waals surface area (Å²) >= 11 is 0. The molecule has 0 aliphatic carbocycles. The van der Waals surface area contributed by atoms with E-state index < -0.39 is 10.1 Å². The Balaban J connectivity index is 0.00000264. The molecule has 3 nitrogen and oxygen atoms in total. The van der Waals surface area contributed by atoms with Crippen molar-refractivity contribution in [2.45, 2.75) is 57.3 Å². The Morgan fingerprint density at radius 1 is 0.957 bits per heavy atom. The van der Waals surface area contributed by atoms with Gasteiger partial charge in [-0.25, -0.2) is 8.42 Å². The fraction of sp³-hybridized carbons (Fsp3) is 0.444. The molecule has 0 N–H and O–H groups in total. The second-order valence-corrected chi connectivity index (χ2v) is 7.11. The van der Waals surface area contributed by atoms with Crippen LogP contribution in [-0.4, -0.2) is 13.0 Å². The smallest absolute Gasteiger partial charge is 0.744 e. The van der Waals surface area contributed by atoms with E-state index in [0.29, 0.717) is 12.0 Å². The minimum Gasteiger partial charge on any atom is -0.744 e. The van der Waals surface area contributed by atoms with Crippen LogP contribution in [0.2, 0.25) is 0 Å². The van der Waals surface area contributed by atoms with E-state index in [9.17, 15) is 13.0 Å². The van der Waals surface area contributed by atoms with E-state index in [1.54, 1.807) is 6.07 Å². The summed E-state index contributed by atoms with van der Waals surface area (Å²) in [5, 5.41) is 1.91. The first-order chi connectivity index (χ1) is 10.5. The SMILES string of the molecule is CCCCc1cc2cccc(CCCC)c2cc1S(=O)(=O)[O-].[K+]. The van der Waals surface area contributed by atoms with Crippen molar-refractivity contribution in [3.63, 3.8) is 0 Å². The monoisotopic (exact) mass is 358 g/mol. The zero-order chi connectivity index (χ0) is 16.2. The first-order valence-electron chi connectivity index (χ1n) is 7.97. The topological polar surface area (TPSA) is 57.2 Å². The van der Waals surface area contributed by atoms with Crippen molar-refractivity contribution >= 4 is 20.9 Å². The molecule has 0 radical (unpaired) electrons. The van der Waals surface area contributed by atoms with Crippen LogP contribution >= 0.6 is 0 Å². The number of unbranched alkanes of at least 4 members (excludes halogenated alkanes) is 2. The molecule has 0 aliphatic heterocycles. The van der Waals surface area contributed by atoms with Gasteiger partial charge in [0.05, 0.1) is 4.90 Å². The first kappa shape index (κ1) is 21.3. The molecule has 0 spiro atoms. The van der Waals surface area contributed by atoms with Gasteiger partial charge in [-0.1, -0.05) is 44.9 Å². The fourth-order valence-electron chi connectivity index (χ4n) is 2.80. The summed E-state index contributed by atoms with van der Waals surface area (Å²) in [4.78, 5) is -0.0441. The van der Waals surface area contributed by atoms with Crippen LogP contribution in [-0.2, 0) is 23.0 Å². The molecule has 0 fully saturated rings. The van der Waals surface area contributed by atoms with Gasteiger partial charge in [-0.15, -0.1) is 0 Å². The van der Waals surface area contributed by atoms with Crippen LogP contribution in [0.1, 0.15) is 50.7 Å². The summed E-state index contributed by atoms with van der Waals surface area (Å²) in [5.41, 5.74) is 1.77. The van der Waals surface area contributed by atoms with Gasteiger partial charge in [0.1, 0.15) is 10.1 Å². The summed E-state index contributed by atoms with van der Waals surface area (Å²) in [7, 11) is -4.44. The summed E-state index contributed by atoms with van der Waals surface area (Å²) in [6.45, 7) is 4.18. The molecule has 0 heterocycles. The molecule has 0 saturated carbocycles. The molecule has 0 unspecified atom stereocenters. The molecule has 2 rings (SSSR count). The second-order valence-electron chi connectivity index (χ2n) is 5.76. The van der Waals surface area contributed by atoms with Crippen LogP contribution in [0.3, 0.4) is 0 Å². The Hall–Kier alpha value is 0.246. The van der Waals surface area contributed by atoms with Gasteiger partial charge >= 0.3 is 51.4 Å². The molecule has 0 amide bonds. The molecule has 120 valence electrons. The number of hydrogen-bond donors (Lipinski definition) is 0. The van der Waals surface area contributed by atoms with Crippen molar-refractivity contribution in [2.24, 2.45) is 0 Å². The van der Waals surface area contributed by atoms with Crippen LogP contribution < -0.4 is 51.4 Å². The summed E-state index contributed by atoms with van der Waals surface area (Å²) < 4.78 is 34.9. The molecule has 2 aromatic carbocycles. The van der Waals surface area contributed by atoms with Gasteiger partial charge in [0.15, 0.2) is 0 Å². The molecular formula is C18H23KO3S. The number of hydrogen-bond acceptors (Lipinski definition) is 3. The predicted molar refractivity (Wildman–Crippen MR) is 89.1 cm³/mol. The van der Waals surface area contributed by atoms with Crippen molar-refractivity contribution in [1.29, 1.82) is 0 Å². The van der Waals surface area contributed by atoms with Gasteiger partial charge in [0.25, 0.3) is 0 Å². The maximum atomic E-state index is 11.6. The van der Waals surface area contributed by atoms with Crippen molar-refractivity contribution in [1.82, 2.24) is 0 Å². The Morgan fingerprint density at radius 3 is 2.13 bits per heavy atom. The third-order valence-electron chi connectivity index (χ3n) is 4.02. The van der Waals surface area contributed by atoms with E-state index in [1.807, 2.05) is 24.3 Å². The molecule has 2 aromatic rings. The molecule has 5 heteroatoms. The largest absolute Gasteiger partial charge is 1.00 e. The average molecular weight is 359 g/mol. The van der Waals surface area contributed by atoms with E-state index >= 15 is 0 Å². The molecule has 0 aliphatic rings. The number of rotatable bonds is 7. The molecule has 0 aromatic heterocycles. The Bertz CT molecular complexity index is 754. The standard InChI is InChI=1S/C18H24O3S.K/c1-3-5-8-14-10-7-11-15-12-16(9-6-4-2)18(13-17(14)15)22(19,20)21;/h7,10-13H,3-6,8-9H2,1-2H3,(H,19,20,21);/q;+1/p-1. The van der Waals surface area contributed by atoms with Gasteiger partial charge in [0.2, 0.25) is 0 Å². The first-order valence-corrected chi connectivity index (χ1v) is 9.38. The van der Waals surface area contributed by atoms with E-state index in [4.69, 9.17) is 0 Å². The predicted octanol–water partition coefficient (Wildman–Crippen LogP) is 1.43. The number of fused-ring (bicyclic) bond motifs is 1. The third-order valence-corrected chi connectivity index (χ3v) is 4.94. The minimum absolute atomic E-state index is 0. The normalized spacial score (nSPS) is 11.4. The summed E-state index contributed by atoms with van der Waals surface area (Å²) in [6, 6.07) is 9.48. The average Bonchev–Trinajstić information content (AvgIpc) is 2.48. The van der Waals surface area contributed by atoms with Crippen molar-refractivity contribution in [3.8, 4) is 0 Å². The van der Waals surface area contributed by atoms with E-state index in [2.05, 4.69) is 13.8 Å². The molecule has 0 bridgehead atoms. The third kappa shape index (κ3) is 5.63. The molecule has 0 saturated heterocycles. The number of benzene rings is 2. The maximum Gasteiger partial charge on any atom is 1.00 e. The van der Waals surface area contributed by atoms with Crippen molar-refractivity contribution in [3.05, 3.63) is 41.5 Å². The maximum absolute atomic E-state index is 11.6. The molecular weight excluding hydrogens is 335 g/mol. The van der Waals surface area contributed by atoms with Crippen molar-refractivity contribution in [2.75, 3.05) is 0 Å². The number of aryl methyl sites for hydroxylation is 2. The van der Waals surface area contributed by atoms with Crippen molar-refractivity contribution < 1.29 is 64.4 Å². The van der Waals surface area contributed by atoms with Gasteiger partial charge < -0.3 is 4.55 Å². The second kappa shape index (κ2) is 9.66. The van der Waals surface area contributed by atoms with E-state index in [1.165, 1.54) is 0 Å². The zero-order valence-corrected chi connectivity index (χ0v) is 18.2. The Kier molecular flexibility index (Phi) is 8.94. The Labute approximate surface area is 182 Å². The van der Waals surface area contributed by atoms with Gasteiger partial charge in [-0.2, -0.15) is 0 Å². The van der Waals surface area contributed by atoms with Gasteiger partial charge in [-0.3, -0.25) is 0 Å². The minimum atomic E-state index is -4.44. The van der Waals surface area contributed by atoms with Crippen LogP contribution in [0.4, 0.5) is 0 Å². The van der Waals surface area contributed by atoms with E-state index in [-0.39, 0.29) is 56.3 Å². The Morgan fingerprint density at radius 2 is 1.57 bits per heavy atom. The summed E-state index contributed by atoms with van der Waals surface area (Å²) in [5.74, 6) is 0. The van der Waals surface area contributed by atoms with E-state index in [0.717, 1.165) is 48.4 Å². The molecule has 23 heavy (non-hydrogen) atoms. The van der Waals surface area contributed by atoms with Crippen LogP contribution in [0.5, 0.6) is 0 Å². The quantitative estimate of drug-likeness (QED) is 0.556. The van der Waals surface area contributed by atoms with Crippen LogP contribution in [0, 0.1) is 0 Å². The van der Waals surface area contributed by atoms with Crippen LogP contribution in [0.15, 0.2) is 35.2 Å². The van der Waals surface area contributed by atoms with Crippen LogP contribution in [0.25, 0.3) is 10.8 Å². The van der Waals surface area contributed by atoms with Gasteiger partial charge in [0, 0.05) is 0 Å². The summed E-state index contributed by atoms with van der Waals surface area (Å²) in [6.07, 6.45) is 5.51. The fourth-order valence-corrected chi connectivity index (χ4v) is 3.54. The zero-order valence-electron chi connectivity index (χ0n) is 14.3. The molecule has 0 atom stereocenters. The van der Waals surface area contributed by atoms with Gasteiger partial charge in [-0.05, 0) is 59.7 Å².